The predicted molar refractivity (Wildman–Crippen MR) is 104 cm³/mol. The molecule has 2 aromatic carbocycles. The molecule has 0 aliphatic carbocycles. The van der Waals surface area contributed by atoms with Crippen LogP contribution in [0.3, 0.4) is 0 Å². The Morgan fingerprint density at radius 3 is 2.46 bits per heavy atom. The molecule has 26 heavy (non-hydrogen) atoms. The second-order valence-electron chi connectivity index (χ2n) is 6.33. The summed E-state index contributed by atoms with van der Waals surface area (Å²) < 4.78 is 13.7. The molecular weight excluding hydrogens is 327 g/mol. The van der Waals surface area contributed by atoms with Gasteiger partial charge in [0.1, 0.15) is 11.6 Å². The molecule has 5 heteroatoms. The topological polar surface area (TPSA) is 49.8 Å². The molecule has 3 aromatic rings. The monoisotopic (exact) mass is 350 g/mol. The van der Waals surface area contributed by atoms with Crippen molar-refractivity contribution < 1.29 is 4.39 Å². The standard InChI is InChI=1S/C21H23FN4/c1-15-7-9-17(10-8-15)14-24-21-25-16(2)13-20(26-21)23-12-11-18-5-3-4-6-19(18)22/h3-10,13H,11-12,14H2,1-2H3,(H2,23,24,25,26). The Balaban J connectivity index is 1.58. The summed E-state index contributed by atoms with van der Waals surface area (Å²) >= 11 is 0. The van der Waals surface area contributed by atoms with Crippen molar-refractivity contribution in [3.05, 3.63) is 82.8 Å². The van der Waals surface area contributed by atoms with E-state index in [2.05, 4.69) is 51.8 Å². The highest BCUT2D eigenvalue weighted by molar-refractivity contribution is 5.42. The first-order chi connectivity index (χ1) is 12.6. The van der Waals surface area contributed by atoms with E-state index in [1.165, 1.54) is 17.2 Å². The average Bonchev–Trinajstić information content (AvgIpc) is 2.62. The first-order valence-corrected chi connectivity index (χ1v) is 8.72. The number of halogens is 1. The van der Waals surface area contributed by atoms with Crippen molar-refractivity contribution in [1.82, 2.24) is 9.97 Å². The number of nitrogens with zero attached hydrogens (tertiary/aromatic N) is 2. The summed E-state index contributed by atoms with van der Waals surface area (Å²) in [6.45, 7) is 5.27. The smallest absolute Gasteiger partial charge is 0.225 e. The van der Waals surface area contributed by atoms with Gasteiger partial charge < -0.3 is 10.6 Å². The van der Waals surface area contributed by atoms with E-state index in [1.807, 2.05) is 19.1 Å². The van der Waals surface area contributed by atoms with Crippen LogP contribution in [0.1, 0.15) is 22.4 Å². The molecule has 134 valence electrons. The van der Waals surface area contributed by atoms with Gasteiger partial charge in [-0.2, -0.15) is 4.98 Å². The molecule has 0 aliphatic heterocycles. The molecule has 2 N–H and O–H groups in total. The van der Waals surface area contributed by atoms with E-state index in [9.17, 15) is 4.39 Å². The minimum atomic E-state index is -0.173. The Kier molecular flexibility index (Phi) is 5.79. The van der Waals surface area contributed by atoms with Gasteiger partial charge in [-0.1, -0.05) is 48.0 Å². The Morgan fingerprint density at radius 1 is 0.923 bits per heavy atom. The number of hydrogen-bond acceptors (Lipinski definition) is 4. The van der Waals surface area contributed by atoms with E-state index in [-0.39, 0.29) is 5.82 Å². The summed E-state index contributed by atoms with van der Waals surface area (Å²) in [5.41, 5.74) is 3.99. The predicted octanol–water partition coefficient (Wildman–Crippen LogP) is 4.50. The van der Waals surface area contributed by atoms with Crippen LogP contribution >= 0.6 is 0 Å². The maximum absolute atomic E-state index is 13.7. The van der Waals surface area contributed by atoms with Crippen LogP contribution in [-0.2, 0) is 13.0 Å². The first kappa shape index (κ1) is 17.9. The number of aryl methyl sites for hydroxylation is 2. The van der Waals surface area contributed by atoms with Gasteiger partial charge >= 0.3 is 0 Å². The Labute approximate surface area is 153 Å². The zero-order valence-electron chi connectivity index (χ0n) is 15.1. The molecular formula is C21H23FN4. The lowest BCUT2D eigenvalue weighted by Gasteiger charge is -2.10. The van der Waals surface area contributed by atoms with Crippen LogP contribution < -0.4 is 10.6 Å². The lowest BCUT2D eigenvalue weighted by Crippen LogP contribution is -2.10. The summed E-state index contributed by atoms with van der Waals surface area (Å²) in [5.74, 6) is 1.15. The summed E-state index contributed by atoms with van der Waals surface area (Å²) in [5, 5.41) is 6.51. The Morgan fingerprint density at radius 2 is 1.69 bits per heavy atom. The van der Waals surface area contributed by atoms with E-state index in [4.69, 9.17) is 0 Å². The highest BCUT2D eigenvalue weighted by Gasteiger charge is 2.04. The minimum Gasteiger partial charge on any atom is -0.370 e. The molecule has 0 saturated heterocycles. The number of rotatable bonds is 7. The van der Waals surface area contributed by atoms with E-state index in [0.29, 0.717) is 31.0 Å². The molecule has 0 atom stereocenters. The second kappa shape index (κ2) is 8.43. The average molecular weight is 350 g/mol. The normalized spacial score (nSPS) is 10.6. The van der Waals surface area contributed by atoms with Gasteiger partial charge in [-0.3, -0.25) is 0 Å². The number of anilines is 2. The molecule has 0 bridgehead atoms. The fourth-order valence-electron chi connectivity index (χ4n) is 2.65. The van der Waals surface area contributed by atoms with Crippen LogP contribution in [0.15, 0.2) is 54.6 Å². The fraction of sp³-hybridized carbons (Fsp3) is 0.238. The molecule has 0 aliphatic rings. The molecule has 0 radical (unpaired) electrons. The van der Waals surface area contributed by atoms with Crippen molar-refractivity contribution in [1.29, 1.82) is 0 Å². The van der Waals surface area contributed by atoms with Crippen LogP contribution in [-0.4, -0.2) is 16.5 Å². The summed E-state index contributed by atoms with van der Waals surface area (Å²) in [6.07, 6.45) is 0.599. The third kappa shape index (κ3) is 5.02. The van der Waals surface area contributed by atoms with E-state index >= 15 is 0 Å². The highest BCUT2D eigenvalue weighted by Crippen LogP contribution is 2.12. The lowest BCUT2D eigenvalue weighted by molar-refractivity contribution is 0.610. The Bertz CT molecular complexity index is 862. The molecule has 3 rings (SSSR count). The van der Waals surface area contributed by atoms with Gasteiger partial charge in [-0.25, -0.2) is 9.37 Å². The van der Waals surface area contributed by atoms with Crippen LogP contribution in [0.5, 0.6) is 0 Å². The molecule has 1 aromatic heterocycles. The van der Waals surface area contributed by atoms with Gasteiger partial charge in [0, 0.05) is 24.8 Å². The zero-order valence-corrected chi connectivity index (χ0v) is 15.1. The van der Waals surface area contributed by atoms with Crippen LogP contribution in [0.25, 0.3) is 0 Å². The van der Waals surface area contributed by atoms with Crippen molar-refractivity contribution in [3.8, 4) is 0 Å². The maximum Gasteiger partial charge on any atom is 0.225 e. The molecule has 0 saturated carbocycles. The van der Waals surface area contributed by atoms with Gasteiger partial charge in [0.05, 0.1) is 0 Å². The van der Waals surface area contributed by atoms with E-state index in [0.717, 1.165) is 11.5 Å². The summed E-state index contributed by atoms with van der Waals surface area (Å²) in [4.78, 5) is 8.92. The summed E-state index contributed by atoms with van der Waals surface area (Å²) in [6, 6.07) is 17.1. The van der Waals surface area contributed by atoms with E-state index < -0.39 is 0 Å². The van der Waals surface area contributed by atoms with Gasteiger partial charge in [0.15, 0.2) is 0 Å². The number of benzene rings is 2. The largest absolute Gasteiger partial charge is 0.370 e. The third-order valence-electron chi connectivity index (χ3n) is 4.08. The second-order valence-corrected chi connectivity index (χ2v) is 6.33. The van der Waals surface area contributed by atoms with Crippen LogP contribution in [0.4, 0.5) is 16.2 Å². The van der Waals surface area contributed by atoms with Gasteiger partial charge in [0.25, 0.3) is 0 Å². The van der Waals surface area contributed by atoms with Crippen molar-refractivity contribution in [3.63, 3.8) is 0 Å². The van der Waals surface area contributed by atoms with Gasteiger partial charge in [-0.15, -0.1) is 0 Å². The van der Waals surface area contributed by atoms with Crippen molar-refractivity contribution >= 4 is 11.8 Å². The van der Waals surface area contributed by atoms with E-state index in [1.54, 1.807) is 12.1 Å². The Hall–Kier alpha value is -2.95. The number of hydrogen-bond donors (Lipinski definition) is 2. The molecule has 0 spiro atoms. The highest BCUT2D eigenvalue weighted by atomic mass is 19.1. The molecule has 0 fully saturated rings. The quantitative estimate of drug-likeness (QED) is 0.659. The van der Waals surface area contributed by atoms with Gasteiger partial charge in [0.2, 0.25) is 5.95 Å². The first-order valence-electron chi connectivity index (χ1n) is 8.72. The van der Waals surface area contributed by atoms with Crippen molar-refractivity contribution in [2.24, 2.45) is 0 Å². The molecule has 1 heterocycles. The lowest BCUT2D eigenvalue weighted by atomic mass is 10.1. The summed E-state index contributed by atoms with van der Waals surface area (Å²) in [7, 11) is 0. The molecule has 4 nitrogen and oxygen atoms in total. The minimum absolute atomic E-state index is 0.173. The zero-order chi connectivity index (χ0) is 18.4. The fourth-order valence-corrected chi connectivity index (χ4v) is 2.65. The van der Waals surface area contributed by atoms with Crippen molar-refractivity contribution in [2.45, 2.75) is 26.8 Å². The maximum atomic E-state index is 13.7. The molecule has 0 unspecified atom stereocenters. The third-order valence-corrected chi connectivity index (χ3v) is 4.08. The number of nitrogens with one attached hydrogen (secondary N) is 2. The molecule has 0 amide bonds. The van der Waals surface area contributed by atoms with Crippen molar-refractivity contribution in [2.75, 3.05) is 17.2 Å². The number of aromatic nitrogens is 2. The van der Waals surface area contributed by atoms with Crippen LogP contribution in [0, 0.1) is 19.7 Å². The van der Waals surface area contributed by atoms with Gasteiger partial charge in [-0.05, 0) is 37.5 Å². The SMILES string of the molecule is Cc1ccc(CNc2nc(C)cc(NCCc3ccccc3F)n2)cc1. The van der Waals surface area contributed by atoms with Crippen LogP contribution in [0.2, 0.25) is 0 Å².